The van der Waals surface area contributed by atoms with Crippen molar-refractivity contribution in [2.24, 2.45) is 5.73 Å². The highest BCUT2D eigenvalue weighted by Gasteiger charge is 2.20. The predicted octanol–water partition coefficient (Wildman–Crippen LogP) is 1.88. The Morgan fingerprint density at radius 1 is 0.960 bits per heavy atom. The fourth-order valence-corrected chi connectivity index (χ4v) is 3.40. The third kappa shape index (κ3) is 4.79. The van der Waals surface area contributed by atoms with Gasteiger partial charge < -0.3 is 16.4 Å². The van der Waals surface area contributed by atoms with Gasteiger partial charge in [0.15, 0.2) is 0 Å². The minimum Gasteiger partial charge on any atom is -0.352 e. The van der Waals surface area contributed by atoms with Gasteiger partial charge in [-0.25, -0.2) is 0 Å². The second-order valence-corrected chi connectivity index (χ2v) is 6.77. The molecular weight excluding hydrogens is 314 g/mol. The first-order valence-corrected chi connectivity index (χ1v) is 8.90. The summed E-state index contributed by atoms with van der Waals surface area (Å²) in [5.74, 6) is -0.274. The second-order valence-electron chi connectivity index (χ2n) is 6.77. The summed E-state index contributed by atoms with van der Waals surface area (Å²) in [6, 6.07) is 14.4. The van der Waals surface area contributed by atoms with Gasteiger partial charge in [0.1, 0.15) is 0 Å². The highest BCUT2D eigenvalue weighted by atomic mass is 16.2. The van der Waals surface area contributed by atoms with Gasteiger partial charge >= 0.3 is 0 Å². The number of carbonyl (C=O) groups excluding carboxylic acids is 2. The van der Waals surface area contributed by atoms with Crippen LogP contribution >= 0.6 is 0 Å². The number of nitrogens with two attached hydrogens (primary N) is 1. The quantitative estimate of drug-likeness (QED) is 0.778. The standard InChI is InChI=1S/C20H25N3O2/c21-16-8-10-17(11-9-16)23-20(25)13-22-19(24)12-15-6-3-5-14-4-1-2-7-18(14)15/h1-7,16-17H,8-13,21H2,(H,22,24)(H,23,25). The van der Waals surface area contributed by atoms with Gasteiger partial charge in [0.25, 0.3) is 0 Å². The van der Waals surface area contributed by atoms with E-state index in [1.165, 1.54) is 0 Å². The van der Waals surface area contributed by atoms with Crippen LogP contribution in [0.2, 0.25) is 0 Å². The largest absolute Gasteiger partial charge is 0.352 e. The van der Waals surface area contributed by atoms with Crippen molar-refractivity contribution in [1.82, 2.24) is 10.6 Å². The molecule has 1 aliphatic carbocycles. The smallest absolute Gasteiger partial charge is 0.239 e. The van der Waals surface area contributed by atoms with Crippen molar-refractivity contribution in [1.29, 1.82) is 0 Å². The molecule has 0 radical (unpaired) electrons. The molecule has 0 aliphatic heterocycles. The molecule has 0 saturated heterocycles. The van der Waals surface area contributed by atoms with Gasteiger partial charge in [0.2, 0.25) is 11.8 Å². The van der Waals surface area contributed by atoms with Crippen LogP contribution in [0.1, 0.15) is 31.2 Å². The average Bonchev–Trinajstić information content (AvgIpc) is 2.62. The van der Waals surface area contributed by atoms with Crippen LogP contribution < -0.4 is 16.4 Å². The highest BCUT2D eigenvalue weighted by molar-refractivity contribution is 5.91. The molecule has 0 atom stereocenters. The van der Waals surface area contributed by atoms with E-state index in [4.69, 9.17) is 5.73 Å². The summed E-state index contributed by atoms with van der Waals surface area (Å²) in [6.07, 6.45) is 3.98. The summed E-state index contributed by atoms with van der Waals surface area (Å²) >= 11 is 0. The predicted molar refractivity (Wildman–Crippen MR) is 99.0 cm³/mol. The van der Waals surface area contributed by atoms with E-state index in [1.807, 2.05) is 42.5 Å². The molecule has 0 aromatic heterocycles. The Morgan fingerprint density at radius 3 is 2.48 bits per heavy atom. The number of amides is 2. The molecule has 0 spiro atoms. The Kier molecular flexibility index (Phi) is 5.66. The Bertz CT molecular complexity index is 746. The summed E-state index contributed by atoms with van der Waals surface area (Å²) < 4.78 is 0. The van der Waals surface area contributed by atoms with E-state index in [2.05, 4.69) is 10.6 Å². The number of rotatable bonds is 5. The molecule has 4 N–H and O–H groups in total. The van der Waals surface area contributed by atoms with Gasteiger partial charge in [0.05, 0.1) is 13.0 Å². The van der Waals surface area contributed by atoms with Crippen LogP contribution in [0.3, 0.4) is 0 Å². The van der Waals surface area contributed by atoms with E-state index in [0.29, 0.717) is 0 Å². The fraction of sp³-hybridized carbons (Fsp3) is 0.400. The fourth-order valence-electron chi connectivity index (χ4n) is 3.40. The molecule has 0 bridgehead atoms. The molecular formula is C20H25N3O2. The molecule has 5 heteroatoms. The average molecular weight is 339 g/mol. The van der Waals surface area contributed by atoms with Crippen LogP contribution in [0.5, 0.6) is 0 Å². The number of carbonyl (C=O) groups is 2. The number of benzene rings is 2. The van der Waals surface area contributed by atoms with E-state index in [0.717, 1.165) is 42.0 Å². The van der Waals surface area contributed by atoms with Crippen molar-refractivity contribution in [3.8, 4) is 0 Å². The first-order valence-electron chi connectivity index (χ1n) is 8.90. The zero-order chi connectivity index (χ0) is 17.6. The monoisotopic (exact) mass is 339 g/mol. The number of hydrogen-bond donors (Lipinski definition) is 3. The van der Waals surface area contributed by atoms with Gasteiger partial charge in [-0.15, -0.1) is 0 Å². The lowest BCUT2D eigenvalue weighted by Gasteiger charge is -2.26. The van der Waals surface area contributed by atoms with Gasteiger partial charge in [0, 0.05) is 12.1 Å². The molecule has 2 amide bonds. The first kappa shape index (κ1) is 17.4. The van der Waals surface area contributed by atoms with Crippen molar-refractivity contribution in [3.63, 3.8) is 0 Å². The lowest BCUT2D eigenvalue weighted by molar-refractivity contribution is -0.126. The van der Waals surface area contributed by atoms with Crippen LogP contribution in [0, 0.1) is 0 Å². The SMILES string of the molecule is NC1CCC(NC(=O)CNC(=O)Cc2cccc3ccccc23)CC1. The molecule has 2 aromatic carbocycles. The molecule has 1 fully saturated rings. The van der Waals surface area contributed by atoms with E-state index in [9.17, 15) is 9.59 Å². The van der Waals surface area contributed by atoms with Crippen LogP contribution in [-0.2, 0) is 16.0 Å². The number of nitrogens with one attached hydrogen (secondary N) is 2. The van der Waals surface area contributed by atoms with Gasteiger partial charge in [-0.05, 0) is 42.0 Å². The molecule has 0 unspecified atom stereocenters. The van der Waals surface area contributed by atoms with E-state index in [-0.39, 0.29) is 36.9 Å². The van der Waals surface area contributed by atoms with Crippen LogP contribution in [0.25, 0.3) is 10.8 Å². The third-order valence-electron chi connectivity index (χ3n) is 4.81. The Morgan fingerprint density at radius 2 is 1.68 bits per heavy atom. The Balaban J connectivity index is 1.48. The summed E-state index contributed by atoms with van der Waals surface area (Å²) in [5, 5.41) is 7.88. The highest BCUT2D eigenvalue weighted by Crippen LogP contribution is 2.19. The van der Waals surface area contributed by atoms with E-state index >= 15 is 0 Å². The van der Waals surface area contributed by atoms with E-state index < -0.39 is 0 Å². The third-order valence-corrected chi connectivity index (χ3v) is 4.81. The number of fused-ring (bicyclic) bond motifs is 1. The molecule has 0 heterocycles. The lowest BCUT2D eigenvalue weighted by atomic mass is 9.92. The summed E-state index contributed by atoms with van der Waals surface area (Å²) in [4.78, 5) is 24.2. The van der Waals surface area contributed by atoms with Gasteiger partial charge in [-0.2, -0.15) is 0 Å². The molecule has 25 heavy (non-hydrogen) atoms. The minimum absolute atomic E-state index is 0.0200. The zero-order valence-corrected chi connectivity index (χ0v) is 14.3. The maximum Gasteiger partial charge on any atom is 0.239 e. The molecule has 2 aromatic rings. The van der Waals surface area contributed by atoms with Crippen LogP contribution in [-0.4, -0.2) is 30.4 Å². The van der Waals surface area contributed by atoms with Crippen molar-refractivity contribution in [3.05, 3.63) is 48.0 Å². The van der Waals surface area contributed by atoms with Crippen molar-refractivity contribution >= 4 is 22.6 Å². The Labute approximate surface area is 148 Å². The minimum atomic E-state index is -0.142. The second kappa shape index (κ2) is 8.12. The number of hydrogen-bond acceptors (Lipinski definition) is 3. The maximum absolute atomic E-state index is 12.2. The zero-order valence-electron chi connectivity index (χ0n) is 14.3. The van der Waals surface area contributed by atoms with Crippen LogP contribution in [0.15, 0.2) is 42.5 Å². The van der Waals surface area contributed by atoms with Gasteiger partial charge in [-0.1, -0.05) is 42.5 Å². The molecule has 1 aliphatic rings. The van der Waals surface area contributed by atoms with Crippen molar-refractivity contribution in [2.45, 2.75) is 44.2 Å². The maximum atomic E-state index is 12.2. The first-order chi connectivity index (χ1) is 12.1. The molecule has 5 nitrogen and oxygen atoms in total. The lowest BCUT2D eigenvalue weighted by Crippen LogP contribution is -2.44. The summed E-state index contributed by atoms with van der Waals surface area (Å²) in [5.41, 5.74) is 6.84. The van der Waals surface area contributed by atoms with E-state index in [1.54, 1.807) is 0 Å². The topological polar surface area (TPSA) is 84.2 Å². The summed E-state index contributed by atoms with van der Waals surface area (Å²) in [7, 11) is 0. The molecule has 3 rings (SSSR count). The van der Waals surface area contributed by atoms with Crippen LogP contribution in [0.4, 0.5) is 0 Å². The summed E-state index contributed by atoms with van der Waals surface area (Å²) in [6.45, 7) is 0.0200. The normalized spacial score (nSPS) is 20.2. The molecule has 1 saturated carbocycles. The molecule has 132 valence electrons. The van der Waals surface area contributed by atoms with Gasteiger partial charge in [-0.3, -0.25) is 9.59 Å². The van der Waals surface area contributed by atoms with Crippen molar-refractivity contribution < 1.29 is 9.59 Å². The Hall–Kier alpha value is -2.40. The van der Waals surface area contributed by atoms with Crippen molar-refractivity contribution in [2.75, 3.05) is 6.54 Å².